The Morgan fingerprint density at radius 2 is 1.92 bits per heavy atom. The molecule has 0 N–H and O–H groups in total. The Bertz CT molecular complexity index is 734. The summed E-state index contributed by atoms with van der Waals surface area (Å²) in [5.74, 6) is 1.12. The molecule has 6 nitrogen and oxygen atoms in total. The average molecular weight is 353 g/mol. The number of carbonyl (C=O) groups excluding carboxylic acids is 1. The first kappa shape index (κ1) is 18.3. The fraction of sp³-hybridized carbons (Fsp3) is 0.450. The second-order valence-electron chi connectivity index (χ2n) is 7.10. The lowest BCUT2D eigenvalue weighted by atomic mass is 10.0. The molecule has 1 amide bonds. The van der Waals surface area contributed by atoms with Gasteiger partial charge in [0.05, 0.1) is 5.92 Å². The highest BCUT2D eigenvalue weighted by molar-refractivity contribution is 5.79. The summed E-state index contributed by atoms with van der Waals surface area (Å²) in [5.41, 5.74) is 2.16. The number of rotatable bonds is 5. The molecule has 1 aliphatic heterocycles. The maximum atomic E-state index is 12.8. The van der Waals surface area contributed by atoms with Gasteiger partial charge in [-0.15, -0.1) is 0 Å². The van der Waals surface area contributed by atoms with Gasteiger partial charge in [-0.2, -0.15) is 0 Å². The summed E-state index contributed by atoms with van der Waals surface area (Å²) in [6.07, 6.45) is 4.29. The lowest BCUT2D eigenvalue weighted by molar-refractivity contribution is -0.133. The lowest BCUT2D eigenvalue weighted by Crippen LogP contribution is -2.35. The van der Waals surface area contributed by atoms with E-state index in [-0.39, 0.29) is 11.8 Å². The van der Waals surface area contributed by atoms with E-state index in [0.717, 1.165) is 37.7 Å². The zero-order valence-corrected chi connectivity index (χ0v) is 15.8. The van der Waals surface area contributed by atoms with Crippen molar-refractivity contribution in [3.63, 3.8) is 0 Å². The van der Waals surface area contributed by atoms with E-state index in [9.17, 15) is 4.79 Å². The highest BCUT2D eigenvalue weighted by atomic mass is 16.2. The van der Waals surface area contributed by atoms with Crippen LogP contribution in [-0.4, -0.2) is 66.5 Å². The fourth-order valence-electron chi connectivity index (χ4n) is 3.46. The van der Waals surface area contributed by atoms with Gasteiger partial charge in [0.15, 0.2) is 0 Å². The van der Waals surface area contributed by atoms with Crippen LogP contribution >= 0.6 is 0 Å². The third-order valence-electron chi connectivity index (χ3n) is 4.82. The summed E-state index contributed by atoms with van der Waals surface area (Å²) in [6.45, 7) is 3.14. The first-order valence-corrected chi connectivity index (χ1v) is 9.03. The normalized spacial score (nSPS) is 18.7. The van der Waals surface area contributed by atoms with Crippen molar-refractivity contribution in [2.45, 2.75) is 13.0 Å². The van der Waals surface area contributed by atoms with E-state index >= 15 is 0 Å². The third kappa shape index (κ3) is 4.38. The van der Waals surface area contributed by atoms with Gasteiger partial charge in [0.2, 0.25) is 5.91 Å². The Labute approximate surface area is 155 Å². The third-order valence-corrected chi connectivity index (χ3v) is 4.82. The van der Waals surface area contributed by atoms with Crippen LogP contribution in [0.25, 0.3) is 0 Å². The molecule has 2 aromatic heterocycles. The van der Waals surface area contributed by atoms with Crippen molar-refractivity contribution in [3.05, 3.63) is 54.0 Å². The summed E-state index contributed by atoms with van der Waals surface area (Å²) >= 11 is 0. The average Bonchev–Trinajstić information content (AvgIpc) is 2.77. The number of likely N-dealkylation sites (N-methyl/N-ethyl adjacent to an activating group) is 1. The predicted octanol–water partition coefficient (Wildman–Crippen LogP) is 1.68. The van der Waals surface area contributed by atoms with Gasteiger partial charge < -0.3 is 9.80 Å². The first-order valence-electron chi connectivity index (χ1n) is 9.03. The molecule has 6 heteroatoms. The standard InChI is InChI=1S/C20H27N5O/c1-23(2)19-16(7-6-10-22-19)14-25-12-11-24(3)20(26)17(15-25)13-18-8-4-5-9-21-18/h4-10,17H,11-15H2,1-3H3/t17-/m0/s1. The fourth-order valence-corrected chi connectivity index (χ4v) is 3.46. The topological polar surface area (TPSA) is 52.6 Å². The number of hydrogen-bond donors (Lipinski definition) is 0. The van der Waals surface area contributed by atoms with Crippen LogP contribution in [-0.2, 0) is 17.8 Å². The Morgan fingerprint density at radius 1 is 1.12 bits per heavy atom. The Kier molecular flexibility index (Phi) is 5.83. The van der Waals surface area contributed by atoms with Crippen LogP contribution in [0.3, 0.4) is 0 Å². The quantitative estimate of drug-likeness (QED) is 0.819. The van der Waals surface area contributed by atoms with Gasteiger partial charge >= 0.3 is 0 Å². The predicted molar refractivity (Wildman–Crippen MR) is 103 cm³/mol. The number of carbonyl (C=O) groups is 1. The zero-order chi connectivity index (χ0) is 18.5. The molecule has 2 aromatic rings. The minimum atomic E-state index is -0.0723. The molecule has 1 aliphatic rings. The van der Waals surface area contributed by atoms with Crippen LogP contribution in [0.5, 0.6) is 0 Å². The maximum Gasteiger partial charge on any atom is 0.227 e. The van der Waals surface area contributed by atoms with Crippen molar-refractivity contribution >= 4 is 11.7 Å². The molecule has 0 saturated carbocycles. The maximum absolute atomic E-state index is 12.8. The summed E-state index contributed by atoms with van der Waals surface area (Å²) in [6, 6.07) is 9.97. The van der Waals surface area contributed by atoms with Crippen molar-refractivity contribution in [1.82, 2.24) is 19.8 Å². The van der Waals surface area contributed by atoms with Crippen LogP contribution < -0.4 is 4.90 Å². The smallest absolute Gasteiger partial charge is 0.227 e. The number of pyridine rings is 2. The highest BCUT2D eigenvalue weighted by Crippen LogP contribution is 2.20. The summed E-state index contributed by atoms with van der Waals surface area (Å²) in [4.78, 5) is 27.9. The number of anilines is 1. The van der Waals surface area contributed by atoms with Crippen LogP contribution in [0.15, 0.2) is 42.7 Å². The molecule has 138 valence electrons. The van der Waals surface area contributed by atoms with E-state index in [1.165, 1.54) is 5.56 Å². The van der Waals surface area contributed by atoms with Crippen LogP contribution in [0.4, 0.5) is 5.82 Å². The first-order chi connectivity index (χ1) is 12.5. The number of hydrogen-bond acceptors (Lipinski definition) is 5. The largest absolute Gasteiger partial charge is 0.362 e. The monoisotopic (exact) mass is 353 g/mol. The number of nitrogens with zero attached hydrogens (tertiary/aromatic N) is 5. The minimum absolute atomic E-state index is 0.0723. The molecule has 0 aliphatic carbocycles. The molecule has 0 spiro atoms. The van der Waals surface area contributed by atoms with Crippen LogP contribution in [0, 0.1) is 5.92 Å². The van der Waals surface area contributed by atoms with E-state index in [0.29, 0.717) is 6.42 Å². The Hall–Kier alpha value is -2.47. The van der Waals surface area contributed by atoms with Crippen molar-refractivity contribution in [2.75, 3.05) is 45.7 Å². The van der Waals surface area contributed by atoms with E-state index in [1.54, 1.807) is 6.20 Å². The Balaban J connectivity index is 1.77. The Morgan fingerprint density at radius 3 is 2.65 bits per heavy atom. The van der Waals surface area contributed by atoms with E-state index < -0.39 is 0 Å². The van der Waals surface area contributed by atoms with Crippen molar-refractivity contribution < 1.29 is 4.79 Å². The molecular formula is C20H27N5O. The molecule has 0 bridgehead atoms. The summed E-state index contributed by atoms with van der Waals surface area (Å²) < 4.78 is 0. The molecule has 0 radical (unpaired) electrons. The van der Waals surface area contributed by atoms with Crippen molar-refractivity contribution in [3.8, 4) is 0 Å². The highest BCUT2D eigenvalue weighted by Gasteiger charge is 2.29. The SMILES string of the molecule is CN1CCN(Cc2cccnc2N(C)C)C[C@H](Cc2ccccn2)C1=O. The molecule has 1 saturated heterocycles. The van der Waals surface area contributed by atoms with Crippen LogP contribution in [0.1, 0.15) is 11.3 Å². The molecule has 1 fully saturated rings. The second-order valence-corrected chi connectivity index (χ2v) is 7.10. The lowest BCUT2D eigenvalue weighted by Gasteiger charge is -2.25. The molecule has 1 atom stereocenters. The summed E-state index contributed by atoms with van der Waals surface area (Å²) in [7, 11) is 5.91. The molecule has 3 heterocycles. The molecule has 0 unspecified atom stereocenters. The minimum Gasteiger partial charge on any atom is -0.362 e. The molecule has 26 heavy (non-hydrogen) atoms. The van der Waals surface area contributed by atoms with Gasteiger partial charge in [0, 0.05) is 77.4 Å². The van der Waals surface area contributed by atoms with E-state index in [2.05, 4.69) is 20.9 Å². The van der Waals surface area contributed by atoms with Crippen LogP contribution in [0.2, 0.25) is 0 Å². The van der Waals surface area contributed by atoms with E-state index in [1.807, 2.05) is 61.4 Å². The van der Waals surface area contributed by atoms with Gasteiger partial charge in [0.1, 0.15) is 5.82 Å². The molecular weight excluding hydrogens is 326 g/mol. The summed E-state index contributed by atoms with van der Waals surface area (Å²) in [5, 5.41) is 0. The van der Waals surface area contributed by atoms with E-state index in [4.69, 9.17) is 0 Å². The zero-order valence-electron chi connectivity index (χ0n) is 15.8. The molecule has 0 aromatic carbocycles. The van der Waals surface area contributed by atoms with Crippen molar-refractivity contribution in [2.24, 2.45) is 5.92 Å². The van der Waals surface area contributed by atoms with Gasteiger partial charge in [-0.1, -0.05) is 12.1 Å². The number of aromatic nitrogens is 2. The van der Waals surface area contributed by atoms with Gasteiger partial charge in [-0.25, -0.2) is 4.98 Å². The molecule has 3 rings (SSSR count). The van der Waals surface area contributed by atoms with Gasteiger partial charge in [-0.05, 0) is 18.2 Å². The van der Waals surface area contributed by atoms with Gasteiger partial charge in [0.25, 0.3) is 0 Å². The van der Waals surface area contributed by atoms with Crippen molar-refractivity contribution in [1.29, 1.82) is 0 Å². The van der Waals surface area contributed by atoms with Gasteiger partial charge in [-0.3, -0.25) is 14.7 Å². The second kappa shape index (κ2) is 8.27. The number of amides is 1.